The van der Waals surface area contributed by atoms with Crippen LogP contribution in [0.25, 0.3) is 0 Å². The Hall–Kier alpha value is -0.230. The number of rotatable bonds is 7. The van der Waals surface area contributed by atoms with Crippen LogP contribution in [0.4, 0.5) is 0 Å². The lowest BCUT2D eigenvalue weighted by atomic mass is 9.93. The molecule has 0 radical (unpaired) electrons. The smallest absolute Gasteiger partial charge is 0.0470 e. The summed E-state index contributed by atoms with van der Waals surface area (Å²) in [7, 11) is 0. The molecule has 0 aliphatic carbocycles. The molecule has 0 aromatic rings. The Kier molecular flexibility index (Phi) is 8.68. The van der Waals surface area contributed by atoms with Crippen molar-refractivity contribution in [3.8, 4) is 0 Å². The zero-order valence-electron chi connectivity index (χ0n) is 12.3. The molecular weight excluding hydrogens is 228 g/mol. The predicted octanol–water partition coefficient (Wildman–Crippen LogP) is 5.68. The first kappa shape index (κ1) is 16.8. The molecule has 0 saturated heterocycles. The number of hydrogen-bond acceptors (Lipinski definition) is 0. The van der Waals surface area contributed by atoms with Gasteiger partial charge in [0.2, 0.25) is 0 Å². The lowest BCUT2D eigenvalue weighted by Crippen LogP contribution is -2.02. The third-order valence-electron chi connectivity index (χ3n) is 3.66. The molecule has 0 N–H and O–H groups in total. The van der Waals surface area contributed by atoms with Crippen molar-refractivity contribution in [2.75, 3.05) is 5.88 Å². The Morgan fingerprint density at radius 2 is 1.59 bits per heavy atom. The minimum atomic E-state index is 0.593. The second kappa shape index (κ2) is 8.80. The molecule has 100 valence electrons. The Balaban J connectivity index is 4.35. The third kappa shape index (κ3) is 7.65. The summed E-state index contributed by atoms with van der Waals surface area (Å²) < 4.78 is 0. The van der Waals surface area contributed by atoms with E-state index in [1.807, 2.05) is 0 Å². The minimum absolute atomic E-state index is 0.593. The van der Waals surface area contributed by atoms with E-state index in [2.05, 4.69) is 59.8 Å². The molecule has 0 aromatic heterocycles. The molecule has 2 unspecified atom stereocenters. The van der Waals surface area contributed by atoms with E-state index in [0.29, 0.717) is 17.7 Å². The van der Waals surface area contributed by atoms with Crippen LogP contribution in [0.3, 0.4) is 0 Å². The first-order valence-electron chi connectivity index (χ1n) is 6.81. The summed E-state index contributed by atoms with van der Waals surface area (Å²) in [6.07, 6.45) is 7.91. The Bertz CT molecular complexity index is 248. The standard InChI is InChI=1S/C16H29Cl/c1-12(2)14(5)8-7-9-16(11-17)10-15(6)13(3)4/h7,9-10,12-15H,8,11H2,1-6H3/b9-7+,16-10-. The number of hydrogen-bond donors (Lipinski definition) is 0. The molecule has 0 fully saturated rings. The Labute approximate surface area is 113 Å². The number of halogens is 1. The van der Waals surface area contributed by atoms with Crippen molar-refractivity contribution in [1.29, 1.82) is 0 Å². The van der Waals surface area contributed by atoms with Crippen LogP contribution in [-0.4, -0.2) is 5.88 Å². The van der Waals surface area contributed by atoms with Crippen molar-refractivity contribution in [1.82, 2.24) is 0 Å². The van der Waals surface area contributed by atoms with Crippen LogP contribution in [-0.2, 0) is 0 Å². The molecular formula is C16H29Cl. The molecule has 0 aliphatic rings. The van der Waals surface area contributed by atoms with Crippen LogP contribution in [0.15, 0.2) is 23.8 Å². The van der Waals surface area contributed by atoms with E-state index in [1.54, 1.807) is 0 Å². The molecule has 0 aliphatic heterocycles. The topological polar surface area (TPSA) is 0 Å². The molecule has 0 amide bonds. The van der Waals surface area contributed by atoms with Gasteiger partial charge in [0, 0.05) is 5.88 Å². The van der Waals surface area contributed by atoms with Gasteiger partial charge in [-0.05, 0) is 35.7 Å². The molecule has 0 rings (SSSR count). The van der Waals surface area contributed by atoms with Gasteiger partial charge >= 0.3 is 0 Å². The Morgan fingerprint density at radius 3 is 2.00 bits per heavy atom. The highest BCUT2D eigenvalue weighted by atomic mass is 35.5. The van der Waals surface area contributed by atoms with Crippen LogP contribution >= 0.6 is 11.6 Å². The molecule has 0 spiro atoms. The molecule has 2 atom stereocenters. The monoisotopic (exact) mass is 256 g/mol. The highest BCUT2D eigenvalue weighted by Gasteiger charge is 2.05. The average molecular weight is 257 g/mol. The summed E-state index contributed by atoms with van der Waals surface area (Å²) in [5.41, 5.74) is 1.25. The Morgan fingerprint density at radius 1 is 1.00 bits per heavy atom. The SMILES string of the molecule is CC(C)C(C)/C=C(/C=C/CC(C)C(C)C)CCl. The summed E-state index contributed by atoms with van der Waals surface area (Å²) in [5.74, 6) is 3.37. The van der Waals surface area contributed by atoms with Crippen LogP contribution in [0, 0.1) is 23.7 Å². The fraction of sp³-hybridized carbons (Fsp3) is 0.750. The number of allylic oxidation sites excluding steroid dienone is 4. The second-order valence-electron chi connectivity index (χ2n) is 5.84. The van der Waals surface area contributed by atoms with Crippen molar-refractivity contribution in [2.45, 2.75) is 48.0 Å². The van der Waals surface area contributed by atoms with E-state index >= 15 is 0 Å². The molecule has 17 heavy (non-hydrogen) atoms. The highest BCUT2D eigenvalue weighted by molar-refractivity contribution is 6.19. The zero-order valence-corrected chi connectivity index (χ0v) is 13.1. The van der Waals surface area contributed by atoms with E-state index in [9.17, 15) is 0 Å². The molecule has 0 heterocycles. The zero-order chi connectivity index (χ0) is 13.4. The van der Waals surface area contributed by atoms with Crippen LogP contribution < -0.4 is 0 Å². The maximum absolute atomic E-state index is 5.97. The maximum Gasteiger partial charge on any atom is 0.0470 e. The van der Waals surface area contributed by atoms with Crippen molar-refractivity contribution >= 4 is 11.6 Å². The highest BCUT2D eigenvalue weighted by Crippen LogP contribution is 2.17. The van der Waals surface area contributed by atoms with E-state index in [1.165, 1.54) is 5.57 Å². The van der Waals surface area contributed by atoms with Crippen molar-refractivity contribution in [3.05, 3.63) is 23.8 Å². The van der Waals surface area contributed by atoms with Crippen LogP contribution in [0.2, 0.25) is 0 Å². The fourth-order valence-corrected chi connectivity index (χ4v) is 1.56. The summed E-state index contributed by atoms with van der Waals surface area (Å²) in [6.45, 7) is 13.6. The summed E-state index contributed by atoms with van der Waals surface area (Å²) in [4.78, 5) is 0. The lowest BCUT2D eigenvalue weighted by molar-refractivity contribution is 0.424. The molecule has 0 saturated carbocycles. The van der Waals surface area contributed by atoms with Gasteiger partial charge in [0.05, 0.1) is 0 Å². The second-order valence-corrected chi connectivity index (χ2v) is 6.10. The van der Waals surface area contributed by atoms with Crippen molar-refractivity contribution < 1.29 is 0 Å². The fourth-order valence-electron chi connectivity index (χ4n) is 1.38. The van der Waals surface area contributed by atoms with E-state index in [0.717, 1.165) is 18.3 Å². The van der Waals surface area contributed by atoms with Crippen molar-refractivity contribution in [2.24, 2.45) is 23.7 Å². The summed E-state index contributed by atoms with van der Waals surface area (Å²) >= 11 is 5.97. The van der Waals surface area contributed by atoms with Gasteiger partial charge in [0.15, 0.2) is 0 Å². The molecule has 0 bridgehead atoms. The van der Waals surface area contributed by atoms with Gasteiger partial charge in [-0.1, -0.05) is 59.8 Å². The first-order valence-corrected chi connectivity index (χ1v) is 7.35. The lowest BCUT2D eigenvalue weighted by Gasteiger charge is -2.13. The van der Waals surface area contributed by atoms with E-state index < -0.39 is 0 Å². The molecule has 1 heteroatoms. The van der Waals surface area contributed by atoms with Gasteiger partial charge in [-0.15, -0.1) is 11.6 Å². The normalized spacial score (nSPS) is 17.1. The molecule has 0 nitrogen and oxygen atoms in total. The number of alkyl halides is 1. The van der Waals surface area contributed by atoms with Gasteiger partial charge in [0.25, 0.3) is 0 Å². The van der Waals surface area contributed by atoms with Crippen LogP contribution in [0.5, 0.6) is 0 Å². The van der Waals surface area contributed by atoms with Crippen molar-refractivity contribution in [3.63, 3.8) is 0 Å². The van der Waals surface area contributed by atoms with Gasteiger partial charge in [0.1, 0.15) is 0 Å². The van der Waals surface area contributed by atoms with Gasteiger partial charge < -0.3 is 0 Å². The predicted molar refractivity (Wildman–Crippen MR) is 80.6 cm³/mol. The summed E-state index contributed by atoms with van der Waals surface area (Å²) in [6, 6.07) is 0. The molecule has 0 aromatic carbocycles. The third-order valence-corrected chi connectivity index (χ3v) is 3.97. The quantitative estimate of drug-likeness (QED) is 0.406. The van der Waals surface area contributed by atoms with Gasteiger partial charge in [-0.25, -0.2) is 0 Å². The first-order chi connectivity index (χ1) is 7.88. The largest absolute Gasteiger partial charge is 0.122 e. The van der Waals surface area contributed by atoms with Gasteiger partial charge in [-0.3, -0.25) is 0 Å². The summed E-state index contributed by atoms with van der Waals surface area (Å²) in [5, 5.41) is 0. The average Bonchev–Trinajstić information content (AvgIpc) is 2.26. The van der Waals surface area contributed by atoms with E-state index in [-0.39, 0.29) is 0 Å². The van der Waals surface area contributed by atoms with Crippen LogP contribution in [0.1, 0.15) is 48.0 Å². The van der Waals surface area contributed by atoms with E-state index in [4.69, 9.17) is 11.6 Å². The minimum Gasteiger partial charge on any atom is -0.122 e. The van der Waals surface area contributed by atoms with Gasteiger partial charge in [-0.2, -0.15) is 0 Å². The maximum atomic E-state index is 5.97.